The number of hydrogen-bond donors (Lipinski definition) is 1. The van der Waals surface area contributed by atoms with Crippen LogP contribution in [-0.4, -0.2) is 52.3 Å². The molecule has 0 aliphatic carbocycles. The molecule has 9 nitrogen and oxygen atoms in total. The van der Waals surface area contributed by atoms with E-state index in [1.807, 2.05) is 30.3 Å². The molecule has 0 bridgehead atoms. The van der Waals surface area contributed by atoms with Gasteiger partial charge < -0.3 is 10.1 Å². The Kier molecular flexibility index (Phi) is 7.15. The third-order valence-electron chi connectivity index (χ3n) is 4.27. The summed E-state index contributed by atoms with van der Waals surface area (Å²) in [6.45, 7) is 0.644. The number of anilines is 1. The van der Waals surface area contributed by atoms with E-state index in [0.29, 0.717) is 24.0 Å². The number of para-hydroxylation sites is 3. The molecule has 0 aromatic heterocycles. The van der Waals surface area contributed by atoms with Crippen LogP contribution in [0.4, 0.5) is 17.1 Å². The second-order valence-electron chi connectivity index (χ2n) is 6.35. The van der Waals surface area contributed by atoms with Gasteiger partial charge in [0.05, 0.1) is 23.8 Å². The van der Waals surface area contributed by atoms with Crippen molar-refractivity contribution in [2.45, 2.75) is 11.7 Å². The Labute approximate surface area is 177 Å². The summed E-state index contributed by atoms with van der Waals surface area (Å²) < 4.78 is 5.08. The highest BCUT2D eigenvalue weighted by atomic mass is 32.2. The Hall–Kier alpha value is -3.24. The van der Waals surface area contributed by atoms with Crippen LogP contribution in [0.2, 0.25) is 0 Å². The van der Waals surface area contributed by atoms with Crippen LogP contribution in [0.3, 0.4) is 0 Å². The molecule has 1 aliphatic rings. The number of amidine groups is 1. The highest BCUT2D eigenvalue weighted by Crippen LogP contribution is 2.32. The SMILES string of the molecule is COCCN1C(=O)[C@@H](CC(=O)Nc2ccccc2[N+](=O)[O-])SC1=Nc1ccccc1. The summed E-state index contributed by atoms with van der Waals surface area (Å²) in [7, 11) is 1.54. The van der Waals surface area contributed by atoms with Gasteiger partial charge in [0.1, 0.15) is 10.9 Å². The summed E-state index contributed by atoms with van der Waals surface area (Å²) in [5.41, 5.74) is 0.585. The molecule has 1 N–H and O–H groups in total. The van der Waals surface area contributed by atoms with E-state index in [1.165, 1.54) is 34.9 Å². The van der Waals surface area contributed by atoms with Gasteiger partial charge in [-0.3, -0.25) is 24.6 Å². The number of aliphatic imine (C=N–C) groups is 1. The van der Waals surface area contributed by atoms with Crippen molar-refractivity contribution in [3.63, 3.8) is 0 Å². The summed E-state index contributed by atoms with van der Waals surface area (Å²) in [5.74, 6) is -0.729. The molecule has 2 aromatic carbocycles. The average Bonchev–Trinajstić information content (AvgIpc) is 3.01. The van der Waals surface area contributed by atoms with Gasteiger partial charge in [-0.15, -0.1) is 0 Å². The topological polar surface area (TPSA) is 114 Å². The van der Waals surface area contributed by atoms with E-state index < -0.39 is 16.1 Å². The van der Waals surface area contributed by atoms with Crippen LogP contribution in [0, 0.1) is 10.1 Å². The molecule has 0 radical (unpaired) electrons. The highest BCUT2D eigenvalue weighted by molar-refractivity contribution is 8.15. The lowest BCUT2D eigenvalue weighted by molar-refractivity contribution is -0.383. The quantitative estimate of drug-likeness (QED) is 0.510. The second-order valence-corrected chi connectivity index (χ2v) is 7.52. The first kappa shape index (κ1) is 21.5. The molecule has 10 heteroatoms. The summed E-state index contributed by atoms with van der Waals surface area (Å²) >= 11 is 1.20. The molecule has 2 aromatic rings. The van der Waals surface area contributed by atoms with Crippen molar-refractivity contribution < 1.29 is 19.2 Å². The van der Waals surface area contributed by atoms with Crippen LogP contribution in [0.15, 0.2) is 59.6 Å². The third kappa shape index (κ3) is 5.22. The van der Waals surface area contributed by atoms with Crippen molar-refractivity contribution in [3.05, 3.63) is 64.7 Å². The van der Waals surface area contributed by atoms with Gasteiger partial charge in [-0.05, 0) is 18.2 Å². The molecule has 1 atom stereocenters. The van der Waals surface area contributed by atoms with E-state index >= 15 is 0 Å². The fourth-order valence-electron chi connectivity index (χ4n) is 2.83. The Balaban J connectivity index is 1.74. The Bertz CT molecular complexity index is 967. The Morgan fingerprint density at radius 2 is 1.93 bits per heavy atom. The molecule has 30 heavy (non-hydrogen) atoms. The number of carbonyl (C=O) groups is 2. The zero-order valence-electron chi connectivity index (χ0n) is 16.2. The van der Waals surface area contributed by atoms with Gasteiger partial charge in [0.25, 0.3) is 5.69 Å². The number of nitro groups is 1. The third-order valence-corrected chi connectivity index (χ3v) is 5.44. The van der Waals surface area contributed by atoms with Crippen LogP contribution in [0.25, 0.3) is 0 Å². The molecular weight excluding hydrogens is 408 g/mol. The van der Waals surface area contributed by atoms with Crippen molar-refractivity contribution in [2.75, 3.05) is 25.6 Å². The molecule has 0 unspecified atom stereocenters. The highest BCUT2D eigenvalue weighted by Gasteiger charge is 2.39. The number of carbonyl (C=O) groups excluding carboxylic acids is 2. The fraction of sp³-hybridized carbons (Fsp3) is 0.250. The predicted octanol–water partition coefficient (Wildman–Crippen LogP) is 3.20. The van der Waals surface area contributed by atoms with Gasteiger partial charge in [-0.25, -0.2) is 4.99 Å². The standard InChI is InChI=1S/C20H20N4O5S/c1-29-12-11-23-19(26)17(30-20(23)21-14-7-3-2-4-8-14)13-18(25)22-15-9-5-6-10-16(15)24(27)28/h2-10,17H,11-13H2,1H3,(H,22,25)/t17-/m1/s1. The van der Waals surface area contributed by atoms with Crippen LogP contribution in [-0.2, 0) is 14.3 Å². The molecule has 0 spiro atoms. The van der Waals surface area contributed by atoms with Gasteiger partial charge in [-0.2, -0.15) is 0 Å². The summed E-state index contributed by atoms with van der Waals surface area (Å²) in [5, 5.41) is 13.5. The van der Waals surface area contributed by atoms with E-state index in [0.717, 1.165) is 0 Å². The minimum Gasteiger partial charge on any atom is -0.383 e. The molecule has 1 heterocycles. The molecule has 0 saturated carbocycles. The van der Waals surface area contributed by atoms with Crippen LogP contribution in [0.1, 0.15) is 6.42 Å². The first-order valence-electron chi connectivity index (χ1n) is 9.13. The van der Waals surface area contributed by atoms with E-state index in [1.54, 1.807) is 13.2 Å². The number of rotatable bonds is 8. The number of nitrogens with zero attached hydrogens (tertiary/aromatic N) is 3. The van der Waals surface area contributed by atoms with Crippen molar-refractivity contribution in [1.29, 1.82) is 0 Å². The lowest BCUT2D eigenvalue weighted by Gasteiger charge is -2.15. The van der Waals surface area contributed by atoms with Crippen LogP contribution < -0.4 is 5.32 Å². The zero-order valence-corrected chi connectivity index (χ0v) is 17.0. The van der Waals surface area contributed by atoms with Crippen molar-refractivity contribution >= 4 is 45.8 Å². The Morgan fingerprint density at radius 1 is 1.23 bits per heavy atom. The molecule has 3 rings (SSSR count). The molecule has 1 aliphatic heterocycles. The van der Waals surface area contributed by atoms with Crippen LogP contribution >= 0.6 is 11.8 Å². The first-order chi connectivity index (χ1) is 14.5. The first-order valence-corrected chi connectivity index (χ1v) is 10.0. The maximum Gasteiger partial charge on any atom is 0.292 e. The summed E-state index contributed by atoms with van der Waals surface area (Å²) in [4.78, 5) is 41.9. The number of thioether (sulfide) groups is 1. The molecular formula is C20H20N4O5S. The average molecular weight is 428 g/mol. The monoisotopic (exact) mass is 428 g/mol. The maximum atomic E-state index is 12.9. The van der Waals surface area contributed by atoms with Crippen LogP contribution in [0.5, 0.6) is 0 Å². The second kappa shape index (κ2) is 9.99. The number of benzene rings is 2. The number of hydrogen-bond acceptors (Lipinski definition) is 7. The smallest absolute Gasteiger partial charge is 0.292 e. The molecule has 2 amide bonds. The number of nitrogens with one attached hydrogen (secondary N) is 1. The van der Waals surface area contributed by atoms with E-state index in [4.69, 9.17) is 4.74 Å². The fourth-order valence-corrected chi connectivity index (χ4v) is 4.02. The molecule has 156 valence electrons. The largest absolute Gasteiger partial charge is 0.383 e. The van der Waals surface area contributed by atoms with Gasteiger partial charge in [0, 0.05) is 19.6 Å². The zero-order chi connectivity index (χ0) is 21.5. The minimum absolute atomic E-state index is 0.0948. The number of methoxy groups -OCH3 is 1. The van der Waals surface area contributed by atoms with Gasteiger partial charge in [0.15, 0.2) is 5.17 Å². The number of ether oxygens (including phenoxy) is 1. The normalized spacial score (nSPS) is 17.4. The van der Waals surface area contributed by atoms with Gasteiger partial charge in [0.2, 0.25) is 11.8 Å². The van der Waals surface area contributed by atoms with E-state index in [2.05, 4.69) is 10.3 Å². The minimum atomic E-state index is -0.674. The van der Waals surface area contributed by atoms with Crippen molar-refractivity contribution in [3.8, 4) is 0 Å². The molecule has 1 fully saturated rings. The van der Waals surface area contributed by atoms with Gasteiger partial charge >= 0.3 is 0 Å². The molecule has 1 saturated heterocycles. The lowest BCUT2D eigenvalue weighted by atomic mass is 10.2. The lowest BCUT2D eigenvalue weighted by Crippen LogP contribution is -2.35. The maximum absolute atomic E-state index is 12.9. The van der Waals surface area contributed by atoms with E-state index in [-0.39, 0.29) is 23.7 Å². The number of amides is 2. The summed E-state index contributed by atoms with van der Waals surface area (Å²) in [6, 6.07) is 15.1. The van der Waals surface area contributed by atoms with Gasteiger partial charge in [-0.1, -0.05) is 42.1 Å². The predicted molar refractivity (Wildman–Crippen MR) is 115 cm³/mol. The van der Waals surface area contributed by atoms with E-state index in [9.17, 15) is 19.7 Å². The summed E-state index contributed by atoms with van der Waals surface area (Å²) in [6.07, 6.45) is -0.132. The van der Waals surface area contributed by atoms with Crippen molar-refractivity contribution in [2.24, 2.45) is 4.99 Å². The van der Waals surface area contributed by atoms with Crippen molar-refractivity contribution in [1.82, 2.24) is 4.90 Å². The number of nitro benzene ring substituents is 1. The Morgan fingerprint density at radius 3 is 2.63 bits per heavy atom.